The van der Waals surface area contributed by atoms with Crippen molar-refractivity contribution in [3.8, 4) is 0 Å². The molecule has 0 heterocycles. The third kappa shape index (κ3) is 3.72. The summed E-state index contributed by atoms with van der Waals surface area (Å²) in [7, 11) is 0. The van der Waals surface area contributed by atoms with Crippen molar-refractivity contribution < 1.29 is 27.9 Å². The fourth-order valence-electron chi connectivity index (χ4n) is 2.00. The number of halogens is 3. The Morgan fingerprint density at radius 2 is 1.55 bits per heavy atom. The van der Waals surface area contributed by atoms with Crippen LogP contribution in [0.3, 0.4) is 0 Å². The fourth-order valence-corrected chi connectivity index (χ4v) is 2.00. The van der Waals surface area contributed by atoms with E-state index in [1.54, 1.807) is 0 Å². The predicted octanol–water partition coefficient (Wildman–Crippen LogP) is 3.56. The highest BCUT2D eigenvalue weighted by Crippen LogP contribution is 2.30. The van der Waals surface area contributed by atoms with E-state index in [4.69, 9.17) is 5.11 Å². The van der Waals surface area contributed by atoms with E-state index in [9.17, 15) is 22.8 Å². The second kappa shape index (κ2) is 6.01. The Hall–Kier alpha value is -2.63. The number of carbonyl (C=O) groups is 2. The van der Waals surface area contributed by atoms with Crippen LogP contribution in [0, 0.1) is 0 Å². The maximum Gasteiger partial charge on any atom is 0.416 e. The molecule has 0 saturated heterocycles. The van der Waals surface area contributed by atoms with Gasteiger partial charge in [0, 0.05) is 11.1 Å². The normalized spacial score (nSPS) is 11.2. The number of carboxylic acids is 1. The molecule has 0 radical (unpaired) electrons. The number of aliphatic carboxylic acids is 1. The molecule has 0 spiro atoms. The maximum absolute atomic E-state index is 12.7. The Bertz CT molecular complexity index is 721. The number of alkyl halides is 3. The Morgan fingerprint density at radius 1 is 0.955 bits per heavy atom. The van der Waals surface area contributed by atoms with Crippen LogP contribution in [0.2, 0.25) is 0 Å². The number of carbonyl (C=O) groups excluding carboxylic acids is 1. The average Bonchev–Trinajstić information content (AvgIpc) is 2.45. The molecule has 22 heavy (non-hydrogen) atoms. The van der Waals surface area contributed by atoms with E-state index in [2.05, 4.69) is 0 Å². The van der Waals surface area contributed by atoms with Gasteiger partial charge in [-0.05, 0) is 23.8 Å². The molecule has 0 amide bonds. The van der Waals surface area contributed by atoms with Crippen molar-refractivity contribution in [1.82, 2.24) is 0 Å². The van der Waals surface area contributed by atoms with Crippen LogP contribution in [0.15, 0.2) is 48.5 Å². The lowest BCUT2D eigenvalue weighted by atomic mass is 9.99. The van der Waals surface area contributed by atoms with E-state index < -0.39 is 23.5 Å². The first-order valence-electron chi connectivity index (χ1n) is 6.30. The van der Waals surface area contributed by atoms with Gasteiger partial charge in [-0.25, -0.2) is 0 Å². The minimum atomic E-state index is -4.53. The van der Waals surface area contributed by atoms with E-state index in [0.29, 0.717) is 5.56 Å². The van der Waals surface area contributed by atoms with Crippen LogP contribution in [0.4, 0.5) is 13.2 Å². The number of ketones is 1. The van der Waals surface area contributed by atoms with Gasteiger partial charge >= 0.3 is 12.1 Å². The minimum Gasteiger partial charge on any atom is -0.481 e. The Labute approximate surface area is 124 Å². The van der Waals surface area contributed by atoms with Crippen LogP contribution in [-0.2, 0) is 17.4 Å². The van der Waals surface area contributed by atoms with E-state index >= 15 is 0 Å². The SMILES string of the molecule is O=C(O)Cc1cccc(C(=O)c2cccc(C(F)(F)F)c2)c1. The summed E-state index contributed by atoms with van der Waals surface area (Å²) >= 11 is 0. The van der Waals surface area contributed by atoms with Crippen molar-refractivity contribution in [3.63, 3.8) is 0 Å². The highest BCUT2D eigenvalue weighted by atomic mass is 19.4. The first-order chi connectivity index (χ1) is 10.3. The van der Waals surface area contributed by atoms with Crippen molar-refractivity contribution >= 4 is 11.8 Å². The van der Waals surface area contributed by atoms with Gasteiger partial charge in [0.05, 0.1) is 12.0 Å². The summed E-state index contributed by atoms with van der Waals surface area (Å²) in [4.78, 5) is 22.9. The van der Waals surface area contributed by atoms with Crippen LogP contribution >= 0.6 is 0 Å². The molecule has 0 aliphatic rings. The van der Waals surface area contributed by atoms with Crippen LogP contribution in [0.25, 0.3) is 0 Å². The number of benzene rings is 2. The van der Waals surface area contributed by atoms with Crippen molar-refractivity contribution in [2.45, 2.75) is 12.6 Å². The minimum absolute atomic E-state index is 0.0951. The van der Waals surface area contributed by atoms with Crippen molar-refractivity contribution in [2.24, 2.45) is 0 Å². The van der Waals surface area contributed by atoms with Gasteiger partial charge in [-0.1, -0.05) is 30.3 Å². The first kappa shape index (κ1) is 15.8. The summed E-state index contributed by atoms with van der Waals surface area (Å²) in [6.45, 7) is 0. The molecular weight excluding hydrogens is 297 g/mol. The van der Waals surface area contributed by atoms with Gasteiger partial charge in [0.2, 0.25) is 0 Å². The van der Waals surface area contributed by atoms with Crippen LogP contribution in [-0.4, -0.2) is 16.9 Å². The Morgan fingerprint density at radius 3 is 2.14 bits per heavy atom. The molecule has 0 aliphatic carbocycles. The van der Waals surface area contributed by atoms with Crippen molar-refractivity contribution in [3.05, 3.63) is 70.8 Å². The molecule has 0 unspecified atom stereocenters. The summed E-state index contributed by atoms with van der Waals surface area (Å²) in [5.74, 6) is -1.64. The van der Waals surface area contributed by atoms with E-state index in [-0.39, 0.29) is 17.5 Å². The van der Waals surface area contributed by atoms with E-state index in [1.807, 2.05) is 0 Å². The quantitative estimate of drug-likeness (QED) is 0.879. The van der Waals surface area contributed by atoms with E-state index in [0.717, 1.165) is 18.2 Å². The zero-order valence-electron chi connectivity index (χ0n) is 11.2. The standard InChI is InChI=1S/C16H11F3O3/c17-16(18,19)13-6-2-5-12(9-13)15(22)11-4-1-3-10(7-11)8-14(20)21/h1-7,9H,8H2,(H,20,21). The Kier molecular flexibility index (Phi) is 4.30. The molecule has 2 rings (SSSR count). The van der Waals surface area contributed by atoms with Gasteiger partial charge < -0.3 is 5.11 Å². The highest BCUT2D eigenvalue weighted by molar-refractivity contribution is 6.09. The predicted molar refractivity (Wildman–Crippen MR) is 72.7 cm³/mol. The third-order valence-electron chi connectivity index (χ3n) is 3.00. The maximum atomic E-state index is 12.7. The second-order valence-corrected chi connectivity index (χ2v) is 4.68. The van der Waals surface area contributed by atoms with Gasteiger partial charge in [-0.2, -0.15) is 13.2 Å². The zero-order valence-corrected chi connectivity index (χ0v) is 11.2. The molecule has 2 aromatic rings. The molecule has 0 saturated carbocycles. The molecular formula is C16H11F3O3. The van der Waals surface area contributed by atoms with E-state index in [1.165, 1.54) is 30.3 Å². The van der Waals surface area contributed by atoms with Gasteiger partial charge in [0.25, 0.3) is 0 Å². The summed E-state index contributed by atoms with van der Waals surface area (Å²) in [6.07, 6.45) is -4.79. The van der Waals surface area contributed by atoms with Gasteiger partial charge in [0.1, 0.15) is 0 Å². The zero-order chi connectivity index (χ0) is 16.3. The lowest BCUT2D eigenvalue weighted by Gasteiger charge is -2.08. The van der Waals surface area contributed by atoms with Gasteiger partial charge in [0.15, 0.2) is 5.78 Å². The molecule has 0 atom stereocenters. The third-order valence-corrected chi connectivity index (χ3v) is 3.00. The lowest BCUT2D eigenvalue weighted by molar-refractivity contribution is -0.138. The Balaban J connectivity index is 2.34. The largest absolute Gasteiger partial charge is 0.481 e. The number of hydrogen-bond acceptors (Lipinski definition) is 2. The number of hydrogen-bond donors (Lipinski definition) is 1. The monoisotopic (exact) mass is 308 g/mol. The number of rotatable bonds is 4. The summed E-state index contributed by atoms with van der Waals surface area (Å²) in [5, 5.41) is 8.73. The van der Waals surface area contributed by atoms with Crippen LogP contribution in [0.1, 0.15) is 27.0 Å². The molecule has 0 fully saturated rings. The summed E-state index contributed by atoms with van der Waals surface area (Å²) in [6, 6.07) is 9.98. The van der Waals surface area contributed by atoms with Gasteiger partial charge in [-0.15, -0.1) is 0 Å². The lowest BCUT2D eigenvalue weighted by Crippen LogP contribution is -2.08. The molecule has 1 N–H and O–H groups in total. The second-order valence-electron chi connectivity index (χ2n) is 4.68. The molecule has 0 bridgehead atoms. The molecule has 114 valence electrons. The van der Waals surface area contributed by atoms with Crippen LogP contribution < -0.4 is 0 Å². The molecule has 2 aromatic carbocycles. The molecule has 6 heteroatoms. The topological polar surface area (TPSA) is 54.4 Å². The van der Waals surface area contributed by atoms with Crippen LogP contribution in [0.5, 0.6) is 0 Å². The van der Waals surface area contributed by atoms with Crippen molar-refractivity contribution in [1.29, 1.82) is 0 Å². The summed E-state index contributed by atoms with van der Waals surface area (Å²) < 4.78 is 38.0. The number of carboxylic acid groups (broad SMARTS) is 1. The highest BCUT2D eigenvalue weighted by Gasteiger charge is 2.30. The summed E-state index contributed by atoms with van der Waals surface area (Å²) in [5.41, 5.74) is -0.439. The average molecular weight is 308 g/mol. The fraction of sp³-hybridized carbons (Fsp3) is 0.125. The molecule has 3 nitrogen and oxygen atoms in total. The molecule has 0 aliphatic heterocycles. The smallest absolute Gasteiger partial charge is 0.416 e. The van der Waals surface area contributed by atoms with Crippen molar-refractivity contribution in [2.75, 3.05) is 0 Å². The first-order valence-corrected chi connectivity index (χ1v) is 6.30. The van der Waals surface area contributed by atoms with Gasteiger partial charge in [-0.3, -0.25) is 9.59 Å². The molecule has 0 aromatic heterocycles.